The van der Waals surface area contributed by atoms with Crippen LogP contribution in [0.15, 0.2) is 22.7 Å². The summed E-state index contributed by atoms with van der Waals surface area (Å²) in [6.45, 7) is 3.23. The van der Waals surface area contributed by atoms with E-state index in [1.165, 1.54) is 0 Å². The van der Waals surface area contributed by atoms with Crippen LogP contribution < -0.4 is 5.32 Å². The summed E-state index contributed by atoms with van der Waals surface area (Å²) < 4.78 is 5.87. The maximum atomic E-state index is 11.6. The first-order valence-corrected chi connectivity index (χ1v) is 6.64. The molecular formula is C12H15BrClNO2. The summed E-state index contributed by atoms with van der Waals surface area (Å²) in [5.41, 5.74) is 0.693. The number of hydrogen-bond donors (Lipinski definition) is 1. The van der Waals surface area contributed by atoms with E-state index in [9.17, 15) is 4.79 Å². The summed E-state index contributed by atoms with van der Waals surface area (Å²) in [4.78, 5) is 11.6. The lowest BCUT2D eigenvalue weighted by molar-refractivity contribution is -0.116. The van der Waals surface area contributed by atoms with E-state index < -0.39 is 0 Å². The van der Waals surface area contributed by atoms with Crippen LogP contribution in [0, 0.1) is 0 Å². The van der Waals surface area contributed by atoms with E-state index in [0.29, 0.717) is 34.8 Å². The molecule has 0 aliphatic heterocycles. The fourth-order valence-corrected chi connectivity index (χ4v) is 1.83. The average Bonchev–Trinajstić information content (AvgIpc) is 2.31. The highest BCUT2D eigenvalue weighted by Gasteiger charge is 2.07. The van der Waals surface area contributed by atoms with Gasteiger partial charge in [-0.1, -0.05) is 17.7 Å². The van der Waals surface area contributed by atoms with Crippen molar-refractivity contribution in [2.75, 3.05) is 18.5 Å². The molecule has 0 fully saturated rings. The van der Waals surface area contributed by atoms with Crippen molar-refractivity contribution in [3.63, 3.8) is 0 Å². The van der Waals surface area contributed by atoms with Gasteiger partial charge in [-0.15, -0.1) is 0 Å². The molecule has 1 aromatic carbocycles. The molecule has 1 N–H and O–H groups in total. The Labute approximate surface area is 115 Å². The molecule has 5 heteroatoms. The largest absolute Gasteiger partial charge is 0.382 e. The van der Waals surface area contributed by atoms with Crippen LogP contribution in [0.3, 0.4) is 0 Å². The summed E-state index contributed by atoms with van der Waals surface area (Å²) >= 11 is 9.26. The molecule has 0 aliphatic carbocycles. The van der Waals surface area contributed by atoms with E-state index in [1.807, 2.05) is 6.92 Å². The van der Waals surface area contributed by atoms with Gasteiger partial charge in [0, 0.05) is 19.6 Å². The van der Waals surface area contributed by atoms with E-state index in [-0.39, 0.29) is 5.91 Å². The molecule has 0 radical (unpaired) electrons. The molecule has 0 heterocycles. The maximum absolute atomic E-state index is 11.6. The van der Waals surface area contributed by atoms with E-state index in [2.05, 4.69) is 21.2 Å². The van der Waals surface area contributed by atoms with Gasteiger partial charge in [0.1, 0.15) is 0 Å². The minimum absolute atomic E-state index is 0.0346. The first kappa shape index (κ1) is 14.5. The third-order valence-electron chi connectivity index (χ3n) is 2.12. The van der Waals surface area contributed by atoms with Gasteiger partial charge in [0.2, 0.25) is 5.91 Å². The van der Waals surface area contributed by atoms with Gasteiger partial charge in [-0.3, -0.25) is 4.79 Å². The van der Waals surface area contributed by atoms with Crippen molar-refractivity contribution in [2.24, 2.45) is 0 Å². The Balaban J connectivity index is 2.43. The summed E-state index contributed by atoms with van der Waals surface area (Å²) in [7, 11) is 0. The van der Waals surface area contributed by atoms with E-state index in [1.54, 1.807) is 18.2 Å². The third kappa shape index (κ3) is 5.06. The lowest BCUT2D eigenvalue weighted by Gasteiger charge is -2.08. The number of amides is 1. The smallest absolute Gasteiger partial charge is 0.224 e. The molecule has 0 aliphatic rings. The number of anilines is 1. The second-order valence-corrected chi connectivity index (χ2v) is 4.65. The average molecular weight is 321 g/mol. The van der Waals surface area contributed by atoms with Crippen molar-refractivity contribution < 1.29 is 9.53 Å². The highest BCUT2D eigenvalue weighted by Crippen LogP contribution is 2.30. The van der Waals surface area contributed by atoms with Crippen molar-refractivity contribution in [1.29, 1.82) is 0 Å². The fraction of sp³-hybridized carbons (Fsp3) is 0.417. The number of nitrogens with one attached hydrogen (secondary N) is 1. The molecular weight excluding hydrogens is 305 g/mol. The molecule has 0 aromatic heterocycles. The Morgan fingerprint density at radius 3 is 3.00 bits per heavy atom. The van der Waals surface area contributed by atoms with Crippen molar-refractivity contribution >= 4 is 39.1 Å². The minimum Gasteiger partial charge on any atom is -0.382 e. The van der Waals surface area contributed by atoms with Gasteiger partial charge in [-0.05, 0) is 41.4 Å². The number of halogens is 2. The first-order chi connectivity index (χ1) is 8.15. The van der Waals surface area contributed by atoms with Crippen molar-refractivity contribution in [3.8, 4) is 0 Å². The molecule has 0 atom stereocenters. The number of rotatable bonds is 6. The molecule has 3 nitrogen and oxygen atoms in total. The zero-order valence-corrected chi connectivity index (χ0v) is 12.0. The fourth-order valence-electron chi connectivity index (χ4n) is 1.29. The Kier molecular flexibility index (Phi) is 6.55. The van der Waals surface area contributed by atoms with Crippen LogP contribution in [0.5, 0.6) is 0 Å². The van der Waals surface area contributed by atoms with Crippen LogP contribution in [0.2, 0.25) is 5.02 Å². The highest BCUT2D eigenvalue weighted by atomic mass is 79.9. The SMILES string of the molecule is CCOCCCC(=O)Nc1cccc(Cl)c1Br. The van der Waals surface area contributed by atoms with Crippen LogP contribution in [-0.2, 0) is 9.53 Å². The zero-order chi connectivity index (χ0) is 12.7. The monoisotopic (exact) mass is 319 g/mol. The second kappa shape index (κ2) is 7.69. The van der Waals surface area contributed by atoms with Gasteiger partial charge in [0.15, 0.2) is 0 Å². The number of benzene rings is 1. The second-order valence-electron chi connectivity index (χ2n) is 3.45. The molecule has 0 bridgehead atoms. The lowest BCUT2D eigenvalue weighted by Crippen LogP contribution is -2.12. The minimum atomic E-state index is -0.0346. The molecule has 1 amide bonds. The molecule has 0 spiro atoms. The van der Waals surface area contributed by atoms with Gasteiger partial charge in [0.25, 0.3) is 0 Å². The van der Waals surface area contributed by atoms with Gasteiger partial charge >= 0.3 is 0 Å². The van der Waals surface area contributed by atoms with Crippen LogP contribution in [0.25, 0.3) is 0 Å². The number of hydrogen-bond acceptors (Lipinski definition) is 2. The lowest BCUT2D eigenvalue weighted by atomic mass is 10.2. The molecule has 1 aromatic rings. The predicted molar refractivity (Wildman–Crippen MR) is 73.5 cm³/mol. The number of ether oxygens (including phenoxy) is 1. The maximum Gasteiger partial charge on any atom is 0.224 e. The van der Waals surface area contributed by atoms with E-state index >= 15 is 0 Å². The molecule has 17 heavy (non-hydrogen) atoms. The summed E-state index contributed by atoms with van der Waals surface area (Å²) in [6.07, 6.45) is 1.16. The molecule has 0 saturated carbocycles. The topological polar surface area (TPSA) is 38.3 Å². The Hall–Kier alpha value is -0.580. The summed E-state index contributed by atoms with van der Waals surface area (Å²) in [5.74, 6) is -0.0346. The quantitative estimate of drug-likeness (QED) is 0.808. The van der Waals surface area contributed by atoms with E-state index in [0.717, 1.165) is 6.42 Å². The van der Waals surface area contributed by atoms with Crippen molar-refractivity contribution in [3.05, 3.63) is 27.7 Å². The van der Waals surface area contributed by atoms with Crippen LogP contribution in [0.1, 0.15) is 19.8 Å². The normalized spacial score (nSPS) is 10.3. The highest BCUT2D eigenvalue weighted by molar-refractivity contribution is 9.10. The van der Waals surface area contributed by atoms with Gasteiger partial charge in [-0.25, -0.2) is 0 Å². The zero-order valence-electron chi connectivity index (χ0n) is 9.63. The van der Waals surface area contributed by atoms with Gasteiger partial charge in [-0.2, -0.15) is 0 Å². The predicted octanol–water partition coefficient (Wildman–Crippen LogP) is 3.86. The molecule has 0 saturated heterocycles. The van der Waals surface area contributed by atoms with Crippen molar-refractivity contribution in [2.45, 2.75) is 19.8 Å². The van der Waals surface area contributed by atoms with Crippen LogP contribution in [-0.4, -0.2) is 19.1 Å². The van der Waals surface area contributed by atoms with Gasteiger partial charge < -0.3 is 10.1 Å². The summed E-state index contributed by atoms with van der Waals surface area (Å²) in [5, 5.41) is 3.38. The van der Waals surface area contributed by atoms with Gasteiger partial charge in [0.05, 0.1) is 15.2 Å². The molecule has 1 rings (SSSR count). The number of carbonyl (C=O) groups excluding carboxylic acids is 1. The van der Waals surface area contributed by atoms with E-state index in [4.69, 9.17) is 16.3 Å². The summed E-state index contributed by atoms with van der Waals surface area (Å²) in [6, 6.07) is 5.36. The van der Waals surface area contributed by atoms with Crippen molar-refractivity contribution in [1.82, 2.24) is 0 Å². The number of carbonyl (C=O) groups is 1. The Morgan fingerprint density at radius 2 is 2.29 bits per heavy atom. The molecule has 0 unspecified atom stereocenters. The standard InChI is InChI=1S/C12H15BrClNO2/c1-2-17-8-4-7-11(16)15-10-6-3-5-9(14)12(10)13/h3,5-6H,2,4,7-8H2,1H3,(H,15,16). The van der Waals surface area contributed by atoms with Crippen LogP contribution in [0.4, 0.5) is 5.69 Å². The molecule has 94 valence electrons. The van der Waals surface area contributed by atoms with Crippen LogP contribution >= 0.6 is 27.5 Å². The Bertz CT molecular complexity index is 385. The Morgan fingerprint density at radius 1 is 1.53 bits per heavy atom. The first-order valence-electron chi connectivity index (χ1n) is 5.46. The third-order valence-corrected chi connectivity index (χ3v) is 3.52.